The van der Waals surface area contributed by atoms with Gasteiger partial charge in [-0.05, 0) is 24.3 Å². The predicted octanol–water partition coefficient (Wildman–Crippen LogP) is 1.66. The van der Waals surface area contributed by atoms with Crippen LogP contribution in [0.25, 0.3) is 0 Å². The Labute approximate surface area is 108 Å². The van der Waals surface area contributed by atoms with Gasteiger partial charge in [0.15, 0.2) is 0 Å². The molecule has 0 aliphatic heterocycles. The van der Waals surface area contributed by atoms with Gasteiger partial charge in [0.1, 0.15) is 0 Å². The molecular formula is C11H14N2O2S2. The maximum atomic E-state index is 11.0. The molecule has 0 aromatic heterocycles. The van der Waals surface area contributed by atoms with Crippen LogP contribution in [0, 0.1) is 0 Å². The monoisotopic (exact) mass is 270 g/mol. The van der Waals surface area contributed by atoms with Gasteiger partial charge in [-0.1, -0.05) is 21.6 Å². The van der Waals surface area contributed by atoms with Crippen LogP contribution in [-0.2, 0) is 4.79 Å². The van der Waals surface area contributed by atoms with Gasteiger partial charge >= 0.3 is 0 Å². The summed E-state index contributed by atoms with van der Waals surface area (Å²) in [7, 11) is 4.81. The third kappa shape index (κ3) is 5.14. The molecule has 1 rings (SSSR count). The van der Waals surface area contributed by atoms with Crippen molar-refractivity contribution in [3.05, 3.63) is 29.8 Å². The lowest BCUT2D eigenvalue weighted by Gasteiger charge is -2.01. The Morgan fingerprint density at radius 1 is 1.29 bits per heavy atom. The van der Waals surface area contributed by atoms with E-state index >= 15 is 0 Å². The van der Waals surface area contributed by atoms with Gasteiger partial charge in [0.2, 0.25) is 11.8 Å². The normalized spacial score (nSPS) is 9.94. The van der Waals surface area contributed by atoms with E-state index in [4.69, 9.17) is 5.73 Å². The summed E-state index contributed by atoms with van der Waals surface area (Å²) in [6.07, 6.45) is 0.507. The van der Waals surface area contributed by atoms with Crippen molar-refractivity contribution in [3.63, 3.8) is 0 Å². The molecule has 2 amide bonds. The number of rotatable bonds is 6. The molecule has 3 N–H and O–H groups in total. The summed E-state index contributed by atoms with van der Waals surface area (Å²) in [5.74, 6) is 0.373. The van der Waals surface area contributed by atoms with Crippen LogP contribution in [0.3, 0.4) is 0 Å². The number of carbonyl (C=O) groups is 2. The second-order valence-corrected chi connectivity index (χ2v) is 5.71. The summed E-state index contributed by atoms with van der Waals surface area (Å²) in [6.45, 7) is 0. The zero-order valence-corrected chi connectivity index (χ0v) is 11.1. The van der Waals surface area contributed by atoms with E-state index in [0.717, 1.165) is 10.6 Å². The molecule has 0 radical (unpaired) electrons. The summed E-state index contributed by atoms with van der Waals surface area (Å²) in [4.78, 5) is 22.8. The Morgan fingerprint density at radius 2 is 1.94 bits per heavy atom. The number of nitrogens with one attached hydrogen (secondary N) is 1. The molecule has 4 nitrogen and oxygen atoms in total. The first-order valence-corrected chi connectivity index (χ1v) is 7.35. The van der Waals surface area contributed by atoms with E-state index in [1.54, 1.807) is 40.8 Å². The van der Waals surface area contributed by atoms with E-state index in [-0.39, 0.29) is 5.91 Å². The van der Waals surface area contributed by atoms with Crippen LogP contribution in [0.5, 0.6) is 0 Å². The van der Waals surface area contributed by atoms with Crippen molar-refractivity contribution in [2.24, 2.45) is 5.73 Å². The molecular weight excluding hydrogens is 256 g/mol. The molecule has 1 aromatic rings. The van der Waals surface area contributed by atoms with Crippen LogP contribution >= 0.6 is 21.6 Å². The van der Waals surface area contributed by atoms with E-state index in [2.05, 4.69) is 5.32 Å². The molecule has 0 spiro atoms. The van der Waals surface area contributed by atoms with E-state index in [9.17, 15) is 9.59 Å². The number of nitrogens with two attached hydrogens (primary N) is 1. The van der Waals surface area contributed by atoms with Crippen LogP contribution in [0.4, 0.5) is 0 Å². The van der Waals surface area contributed by atoms with Gasteiger partial charge in [0, 0.05) is 29.7 Å². The third-order valence-electron chi connectivity index (χ3n) is 1.99. The smallest absolute Gasteiger partial charge is 0.248 e. The molecule has 1 aromatic carbocycles. The summed E-state index contributed by atoms with van der Waals surface area (Å²) in [5, 5.41) is 2.57. The minimum Gasteiger partial charge on any atom is -0.366 e. The lowest BCUT2D eigenvalue weighted by Crippen LogP contribution is -2.17. The van der Waals surface area contributed by atoms with Crippen molar-refractivity contribution in [1.82, 2.24) is 5.32 Å². The molecule has 0 unspecified atom stereocenters. The van der Waals surface area contributed by atoms with E-state index in [1.165, 1.54) is 0 Å². The van der Waals surface area contributed by atoms with Gasteiger partial charge in [0.05, 0.1) is 0 Å². The van der Waals surface area contributed by atoms with Crippen molar-refractivity contribution in [1.29, 1.82) is 0 Å². The van der Waals surface area contributed by atoms with Crippen molar-refractivity contribution >= 4 is 33.4 Å². The van der Waals surface area contributed by atoms with Gasteiger partial charge in [-0.25, -0.2) is 0 Å². The molecule has 0 heterocycles. The molecule has 0 atom stereocenters. The van der Waals surface area contributed by atoms with Crippen molar-refractivity contribution in [2.45, 2.75) is 11.3 Å². The predicted molar refractivity (Wildman–Crippen MR) is 72.0 cm³/mol. The zero-order chi connectivity index (χ0) is 12.7. The topological polar surface area (TPSA) is 72.2 Å². The number of benzene rings is 1. The van der Waals surface area contributed by atoms with Gasteiger partial charge in [-0.3, -0.25) is 9.59 Å². The highest BCUT2D eigenvalue weighted by molar-refractivity contribution is 8.76. The Hall–Kier alpha value is -1.14. The molecule has 0 aliphatic rings. The van der Waals surface area contributed by atoms with Crippen molar-refractivity contribution in [2.75, 3.05) is 12.8 Å². The van der Waals surface area contributed by atoms with Gasteiger partial charge in [-0.2, -0.15) is 0 Å². The summed E-state index contributed by atoms with van der Waals surface area (Å²) in [6, 6.07) is 7.09. The minimum absolute atomic E-state index is 0.0437. The first-order chi connectivity index (χ1) is 8.13. The maximum Gasteiger partial charge on any atom is 0.248 e. The Morgan fingerprint density at radius 3 is 2.47 bits per heavy atom. The number of primary amides is 1. The summed E-state index contributed by atoms with van der Waals surface area (Å²) < 4.78 is 0. The molecule has 92 valence electrons. The molecule has 0 saturated carbocycles. The maximum absolute atomic E-state index is 11.0. The second-order valence-electron chi connectivity index (χ2n) is 3.22. The van der Waals surface area contributed by atoms with Crippen LogP contribution in [0.2, 0.25) is 0 Å². The van der Waals surface area contributed by atoms with Crippen LogP contribution in [0.15, 0.2) is 29.2 Å². The van der Waals surface area contributed by atoms with Gasteiger partial charge < -0.3 is 11.1 Å². The standard InChI is InChI=1S/C11H14N2O2S2/c1-13-10(14)6-7-16-17-9-4-2-8(3-5-9)11(12)15/h2-5H,6-7H2,1H3,(H2,12,15)(H,13,14). The highest BCUT2D eigenvalue weighted by Gasteiger charge is 2.01. The van der Waals surface area contributed by atoms with Gasteiger partial charge in [0.25, 0.3) is 0 Å². The first kappa shape index (κ1) is 13.9. The van der Waals surface area contributed by atoms with Crippen LogP contribution in [0.1, 0.15) is 16.8 Å². The van der Waals surface area contributed by atoms with Crippen LogP contribution < -0.4 is 11.1 Å². The average Bonchev–Trinajstić information content (AvgIpc) is 2.34. The number of amides is 2. The molecule has 6 heteroatoms. The number of hydrogen-bond donors (Lipinski definition) is 2. The molecule has 0 bridgehead atoms. The highest BCUT2D eigenvalue weighted by Crippen LogP contribution is 2.31. The van der Waals surface area contributed by atoms with E-state index in [0.29, 0.717) is 12.0 Å². The Kier molecular flexibility index (Phi) is 5.93. The minimum atomic E-state index is -0.422. The molecule has 17 heavy (non-hydrogen) atoms. The fraction of sp³-hybridized carbons (Fsp3) is 0.273. The first-order valence-electron chi connectivity index (χ1n) is 5.03. The summed E-state index contributed by atoms with van der Waals surface area (Å²) >= 11 is 0. The Bertz CT molecular complexity index is 393. The fourth-order valence-corrected chi connectivity index (χ4v) is 3.02. The lowest BCUT2D eigenvalue weighted by molar-refractivity contribution is -0.120. The molecule has 0 saturated heterocycles. The quantitative estimate of drug-likeness (QED) is 0.609. The zero-order valence-electron chi connectivity index (χ0n) is 9.43. The lowest BCUT2D eigenvalue weighted by atomic mass is 10.2. The van der Waals surface area contributed by atoms with E-state index < -0.39 is 5.91 Å². The fourth-order valence-electron chi connectivity index (χ4n) is 1.04. The van der Waals surface area contributed by atoms with Crippen molar-refractivity contribution in [3.8, 4) is 0 Å². The molecule has 0 fully saturated rings. The van der Waals surface area contributed by atoms with Crippen molar-refractivity contribution < 1.29 is 9.59 Å². The van der Waals surface area contributed by atoms with E-state index in [1.807, 2.05) is 12.1 Å². The summed E-state index contributed by atoms with van der Waals surface area (Å²) in [5.41, 5.74) is 5.64. The largest absolute Gasteiger partial charge is 0.366 e. The molecule has 0 aliphatic carbocycles. The Balaban J connectivity index is 2.32. The second kappa shape index (κ2) is 7.24. The highest BCUT2D eigenvalue weighted by atomic mass is 33.1. The SMILES string of the molecule is CNC(=O)CCSSc1ccc(C(N)=O)cc1. The average molecular weight is 270 g/mol. The number of carbonyl (C=O) groups excluding carboxylic acids is 2. The van der Waals surface area contributed by atoms with Gasteiger partial charge in [-0.15, -0.1) is 0 Å². The number of hydrogen-bond acceptors (Lipinski definition) is 4. The van der Waals surface area contributed by atoms with Crippen LogP contribution in [-0.4, -0.2) is 24.6 Å². The third-order valence-corrected chi connectivity index (χ3v) is 4.37.